The summed E-state index contributed by atoms with van der Waals surface area (Å²) < 4.78 is 32.9. The molecule has 0 aliphatic carbocycles. The predicted octanol–water partition coefficient (Wildman–Crippen LogP) is 2.69. The zero-order chi connectivity index (χ0) is 13.6. The van der Waals surface area contributed by atoms with Crippen LogP contribution in [0.2, 0.25) is 5.02 Å². The largest absolute Gasteiger partial charge is 0.491 e. The van der Waals surface area contributed by atoms with Crippen molar-refractivity contribution in [1.29, 1.82) is 0 Å². The fraction of sp³-hybridized carbons (Fsp3) is 0.455. The number of benzene rings is 1. The first-order valence-corrected chi connectivity index (χ1v) is 7.77. The maximum atomic E-state index is 11.3. The molecule has 1 unspecified atom stereocenters. The number of rotatable bonds is 7. The Morgan fingerprint density at radius 1 is 1.28 bits per heavy atom. The van der Waals surface area contributed by atoms with E-state index in [4.69, 9.17) is 32.1 Å². The Kier molecular flexibility index (Phi) is 6.21. The lowest BCUT2D eigenvalue weighted by Crippen LogP contribution is -2.24. The van der Waals surface area contributed by atoms with Gasteiger partial charge in [-0.2, -0.15) is 8.42 Å². The average molecular weight is 313 g/mol. The van der Waals surface area contributed by atoms with Gasteiger partial charge in [0.15, 0.2) is 0 Å². The monoisotopic (exact) mass is 312 g/mol. The molecular weight excluding hydrogens is 299 g/mol. The fourth-order valence-corrected chi connectivity index (χ4v) is 2.70. The molecule has 0 heterocycles. The van der Waals surface area contributed by atoms with E-state index in [0.29, 0.717) is 10.8 Å². The molecule has 0 bridgehead atoms. The Labute approximate surface area is 117 Å². The normalized spacial score (nSPS) is 13.3. The van der Waals surface area contributed by atoms with E-state index in [9.17, 15) is 8.42 Å². The smallest absolute Gasteiger partial charge is 0.268 e. The van der Waals surface area contributed by atoms with Crippen LogP contribution in [0.15, 0.2) is 24.3 Å². The van der Waals surface area contributed by atoms with Crippen LogP contribution in [0.1, 0.15) is 6.92 Å². The lowest BCUT2D eigenvalue weighted by molar-refractivity contribution is 0.149. The van der Waals surface area contributed by atoms with Crippen LogP contribution in [0.5, 0.6) is 5.75 Å². The first kappa shape index (κ1) is 15.6. The summed E-state index contributed by atoms with van der Waals surface area (Å²) in [4.78, 5) is 0. The highest BCUT2D eigenvalue weighted by Gasteiger charge is 2.15. The van der Waals surface area contributed by atoms with E-state index in [1.807, 2.05) is 0 Å². The summed E-state index contributed by atoms with van der Waals surface area (Å²) in [5, 5.41) is 0.608. The predicted molar refractivity (Wildman–Crippen MR) is 72.0 cm³/mol. The standard InChI is InChI=1S/C11H14Cl2O4S/c1-9(17-18(14,15)7-6-12)8-16-11-4-2-10(13)3-5-11/h2-5,9H,6-8H2,1H3. The van der Waals surface area contributed by atoms with Gasteiger partial charge in [0.05, 0.1) is 5.75 Å². The molecular formula is C11H14Cl2O4S. The fourth-order valence-electron chi connectivity index (χ4n) is 1.17. The Morgan fingerprint density at radius 2 is 1.89 bits per heavy atom. The van der Waals surface area contributed by atoms with Gasteiger partial charge in [0, 0.05) is 10.9 Å². The minimum Gasteiger partial charge on any atom is -0.491 e. The second-order valence-electron chi connectivity index (χ2n) is 3.62. The third-order valence-electron chi connectivity index (χ3n) is 1.94. The van der Waals surface area contributed by atoms with Crippen molar-refractivity contribution in [3.05, 3.63) is 29.3 Å². The number of hydrogen-bond donors (Lipinski definition) is 0. The first-order chi connectivity index (χ1) is 8.43. The van der Waals surface area contributed by atoms with Gasteiger partial charge in [-0.3, -0.25) is 4.18 Å². The average Bonchev–Trinajstić information content (AvgIpc) is 2.27. The summed E-state index contributed by atoms with van der Waals surface area (Å²) in [6.45, 7) is 1.74. The van der Waals surface area contributed by atoms with Crippen LogP contribution in [0.3, 0.4) is 0 Å². The van der Waals surface area contributed by atoms with E-state index in [2.05, 4.69) is 0 Å². The summed E-state index contributed by atoms with van der Waals surface area (Å²) in [6.07, 6.45) is -0.575. The molecule has 0 saturated heterocycles. The summed E-state index contributed by atoms with van der Waals surface area (Å²) in [5.41, 5.74) is 0. The Bertz CT molecular complexity index is 458. The maximum Gasteiger partial charge on any atom is 0.268 e. The third-order valence-corrected chi connectivity index (χ3v) is 3.93. The molecule has 0 N–H and O–H groups in total. The lowest BCUT2D eigenvalue weighted by Gasteiger charge is -2.13. The summed E-state index contributed by atoms with van der Waals surface area (Å²) in [5.74, 6) is 0.400. The van der Waals surface area contributed by atoms with E-state index >= 15 is 0 Å². The van der Waals surface area contributed by atoms with E-state index in [1.165, 1.54) is 0 Å². The molecule has 18 heavy (non-hydrogen) atoms. The van der Waals surface area contributed by atoms with Crippen molar-refractivity contribution in [3.63, 3.8) is 0 Å². The van der Waals surface area contributed by atoms with Crippen LogP contribution in [-0.2, 0) is 14.3 Å². The summed E-state index contributed by atoms with van der Waals surface area (Å²) in [6, 6.07) is 6.77. The minimum atomic E-state index is -3.58. The number of alkyl halides is 1. The van der Waals surface area contributed by atoms with Crippen molar-refractivity contribution in [3.8, 4) is 5.75 Å². The molecule has 1 rings (SSSR count). The molecule has 0 radical (unpaired) electrons. The van der Waals surface area contributed by atoms with Crippen LogP contribution in [0.25, 0.3) is 0 Å². The quantitative estimate of drug-likeness (QED) is 0.574. The van der Waals surface area contributed by atoms with Gasteiger partial charge in [0.1, 0.15) is 18.5 Å². The van der Waals surface area contributed by atoms with Gasteiger partial charge in [-0.1, -0.05) is 11.6 Å². The topological polar surface area (TPSA) is 52.6 Å². The zero-order valence-corrected chi connectivity index (χ0v) is 12.1. The number of ether oxygens (including phenoxy) is 1. The molecule has 0 spiro atoms. The van der Waals surface area contributed by atoms with Crippen LogP contribution in [-0.4, -0.2) is 32.8 Å². The minimum absolute atomic E-state index is 0.00704. The number of hydrogen-bond acceptors (Lipinski definition) is 4. The van der Waals surface area contributed by atoms with Crippen LogP contribution in [0.4, 0.5) is 0 Å². The molecule has 102 valence electrons. The van der Waals surface area contributed by atoms with Gasteiger partial charge < -0.3 is 4.74 Å². The highest BCUT2D eigenvalue weighted by atomic mass is 35.5. The van der Waals surface area contributed by atoms with Crippen molar-refractivity contribution in [1.82, 2.24) is 0 Å². The maximum absolute atomic E-state index is 11.3. The summed E-state index contributed by atoms with van der Waals surface area (Å²) >= 11 is 11.1. The van der Waals surface area contributed by atoms with Gasteiger partial charge in [0.25, 0.3) is 10.1 Å². The van der Waals surface area contributed by atoms with Gasteiger partial charge in [0.2, 0.25) is 0 Å². The van der Waals surface area contributed by atoms with Crippen LogP contribution < -0.4 is 4.74 Å². The van der Waals surface area contributed by atoms with E-state index in [1.54, 1.807) is 31.2 Å². The summed E-state index contributed by atoms with van der Waals surface area (Å²) in [7, 11) is -3.58. The molecule has 0 amide bonds. The molecule has 0 aliphatic heterocycles. The van der Waals surface area contributed by atoms with Gasteiger partial charge in [-0.15, -0.1) is 11.6 Å². The Morgan fingerprint density at radius 3 is 2.44 bits per heavy atom. The highest BCUT2D eigenvalue weighted by molar-refractivity contribution is 7.86. The van der Waals surface area contributed by atoms with Gasteiger partial charge in [-0.25, -0.2) is 0 Å². The van der Waals surface area contributed by atoms with Crippen molar-refractivity contribution in [2.75, 3.05) is 18.2 Å². The molecule has 1 aromatic carbocycles. The van der Waals surface area contributed by atoms with Crippen molar-refractivity contribution in [2.24, 2.45) is 0 Å². The van der Waals surface area contributed by atoms with Crippen LogP contribution in [0, 0.1) is 0 Å². The SMILES string of the molecule is CC(COc1ccc(Cl)cc1)OS(=O)(=O)CCCl. The van der Waals surface area contributed by atoms with Gasteiger partial charge >= 0.3 is 0 Å². The second-order valence-corrected chi connectivity index (χ2v) is 6.15. The van der Waals surface area contributed by atoms with E-state index < -0.39 is 16.2 Å². The van der Waals surface area contributed by atoms with E-state index in [-0.39, 0.29) is 18.2 Å². The third kappa shape index (κ3) is 5.91. The Balaban J connectivity index is 2.42. The molecule has 0 aliphatic rings. The molecule has 4 nitrogen and oxygen atoms in total. The van der Waals surface area contributed by atoms with Crippen molar-refractivity contribution < 1.29 is 17.3 Å². The zero-order valence-electron chi connectivity index (χ0n) is 9.81. The van der Waals surface area contributed by atoms with Gasteiger partial charge in [-0.05, 0) is 31.2 Å². The highest BCUT2D eigenvalue weighted by Crippen LogP contribution is 2.16. The van der Waals surface area contributed by atoms with Crippen molar-refractivity contribution >= 4 is 33.3 Å². The molecule has 1 atom stereocenters. The first-order valence-electron chi connectivity index (χ1n) is 5.28. The van der Waals surface area contributed by atoms with Crippen LogP contribution >= 0.6 is 23.2 Å². The van der Waals surface area contributed by atoms with Crippen molar-refractivity contribution in [2.45, 2.75) is 13.0 Å². The Hall–Kier alpha value is -0.490. The number of halogens is 2. The molecule has 1 aromatic rings. The molecule has 0 fully saturated rings. The second kappa shape index (κ2) is 7.19. The molecule has 0 saturated carbocycles. The molecule has 7 heteroatoms. The lowest BCUT2D eigenvalue weighted by atomic mass is 10.3. The molecule has 0 aromatic heterocycles. The van der Waals surface area contributed by atoms with E-state index in [0.717, 1.165) is 0 Å².